The molecule has 0 fully saturated rings. The number of nitrogens with zero attached hydrogens (tertiary/aromatic N) is 4. The first kappa shape index (κ1) is 17.4. The Morgan fingerprint density at radius 1 is 1.43 bits per heavy atom. The molecule has 0 spiro atoms. The number of amides is 1. The van der Waals surface area contributed by atoms with Gasteiger partial charge < -0.3 is 0 Å². The lowest BCUT2D eigenvalue weighted by Gasteiger charge is -2.14. The number of pyridine rings is 1. The average Bonchev–Trinajstić information content (AvgIpc) is 2.89. The maximum atomic E-state index is 12.4. The molecule has 8 heteroatoms. The second kappa shape index (κ2) is 7.53. The van der Waals surface area contributed by atoms with Crippen LogP contribution < -0.4 is 5.32 Å². The number of hydrogen-bond acceptors (Lipinski definition) is 7. The van der Waals surface area contributed by atoms with Crippen molar-refractivity contribution in [3.63, 3.8) is 0 Å². The third kappa shape index (κ3) is 4.27. The van der Waals surface area contributed by atoms with Crippen LogP contribution in [0.4, 0.5) is 5.13 Å². The van der Waals surface area contributed by atoms with Gasteiger partial charge in [0.25, 0.3) is 0 Å². The molecule has 6 nitrogen and oxygen atoms in total. The first-order valence-corrected chi connectivity index (χ1v) is 8.80. The van der Waals surface area contributed by atoms with E-state index in [4.69, 9.17) is 0 Å². The first-order chi connectivity index (χ1) is 10.9. The van der Waals surface area contributed by atoms with Crippen molar-refractivity contribution in [2.45, 2.75) is 44.4 Å². The third-order valence-corrected chi connectivity index (χ3v) is 5.20. The van der Waals surface area contributed by atoms with Gasteiger partial charge in [-0.25, -0.2) is 4.98 Å². The van der Waals surface area contributed by atoms with Crippen LogP contribution in [0.25, 0.3) is 0 Å². The summed E-state index contributed by atoms with van der Waals surface area (Å²) >= 11 is 2.64. The first-order valence-electron chi connectivity index (χ1n) is 7.10. The molecule has 120 valence electrons. The third-order valence-electron chi connectivity index (χ3n) is 3.10. The number of aryl methyl sites for hydroxylation is 3. The van der Waals surface area contributed by atoms with E-state index in [2.05, 4.69) is 26.6 Å². The van der Waals surface area contributed by atoms with Crippen LogP contribution in [0, 0.1) is 32.1 Å². The molecular formula is C15H17N5OS2. The Balaban J connectivity index is 2.19. The van der Waals surface area contributed by atoms with E-state index in [1.54, 1.807) is 0 Å². The van der Waals surface area contributed by atoms with E-state index in [9.17, 15) is 10.1 Å². The van der Waals surface area contributed by atoms with Crippen molar-refractivity contribution in [3.05, 3.63) is 27.9 Å². The van der Waals surface area contributed by atoms with Gasteiger partial charge in [0.05, 0.1) is 10.8 Å². The fraction of sp³-hybridized carbons (Fsp3) is 0.400. The Morgan fingerprint density at radius 2 is 2.17 bits per heavy atom. The lowest BCUT2D eigenvalue weighted by molar-refractivity contribution is -0.115. The summed E-state index contributed by atoms with van der Waals surface area (Å²) in [5.41, 5.74) is 2.23. The topological polar surface area (TPSA) is 91.6 Å². The maximum Gasteiger partial charge on any atom is 0.239 e. The molecule has 1 atom stereocenters. The van der Waals surface area contributed by atoms with Crippen molar-refractivity contribution in [2.75, 3.05) is 5.32 Å². The van der Waals surface area contributed by atoms with Gasteiger partial charge in [0.15, 0.2) is 0 Å². The quantitative estimate of drug-likeness (QED) is 0.835. The Labute approximate surface area is 143 Å². The Hall–Kier alpha value is -1.98. The molecule has 2 aromatic heterocycles. The highest BCUT2D eigenvalue weighted by Crippen LogP contribution is 2.30. The van der Waals surface area contributed by atoms with Gasteiger partial charge in [-0.1, -0.05) is 30.0 Å². The van der Waals surface area contributed by atoms with Crippen molar-refractivity contribution < 1.29 is 4.79 Å². The SMILES string of the molecule is CC[C@@H](Sc1nc(C)cc(C)c1C#N)C(=O)Nc1nnc(C)s1. The predicted octanol–water partition coefficient (Wildman–Crippen LogP) is 3.24. The molecule has 1 amide bonds. The Morgan fingerprint density at radius 3 is 2.74 bits per heavy atom. The lowest BCUT2D eigenvalue weighted by atomic mass is 10.1. The summed E-state index contributed by atoms with van der Waals surface area (Å²) in [7, 11) is 0. The van der Waals surface area contributed by atoms with Crippen LogP contribution in [0.5, 0.6) is 0 Å². The van der Waals surface area contributed by atoms with Crippen LogP contribution in [0.15, 0.2) is 11.1 Å². The smallest absolute Gasteiger partial charge is 0.239 e. The number of aromatic nitrogens is 3. The van der Waals surface area contributed by atoms with Gasteiger partial charge in [-0.2, -0.15) is 5.26 Å². The summed E-state index contributed by atoms with van der Waals surface area (Å²) in [6.07, 6.45) is 0.619. The normalized spacial score (nSPS) is 11.8. The van der Waals surface area contributed by atoms with Crippen LogP contribution in [-0.2, 0) is 4.79 Å². The van der Waals surface area contributed by atoms with Crippen molar-refractivity contribution in [3.8, 4) is 6.07 Å². The highest BCUT2D eigenvalue weighted by Gasteiger charge is 2.22. The van der Waals surface area contributed by atoms with Crippen LogP contribution in [0.1, 0.15) is 35.2 Å². The van der Waals surface area contributed by atoms with E-state index in [0.29, 0.717) is 22.1 Å². The summed E-state index contributed by atoms with van der Waals surface area (Å²) in [5, 5.41) is 21.4. The second-order valence-corrected chi connectivity index (χ2v) is 7.38. The molecule has 1 N–H and O–H groups in total. The average molecular weight is 347 g/mol. The fourth-order valence-electron chi connectivity index (χ4n) is 2.01. The van der Waals surface area contributed by atoms with Crippen LogP contribution in [0.2, 0.25) is 0 Å². The van der Waals surface area contributed by atoms with Gasteiger partial charge in [-0.05, 0) is 38.8 Å². The number of nitriles is 1. The summed E-state index contributed by atoms with van der Waals surface area (Å²) in [4.78, 5) is 16.8. The standard InChI is InChI=1S/C15H17N5OS2/c1-5-12(13(21)18-15-20-19-10(4)22-15)23-14-11(7-16)8(2)6-9(3)17-14/h6,12H,5H2,1-4H3,(H,18,20,21)/t12-/m1/s1. The molecule has 0 saturated carbocycles. The lowest BCUT2D eigenvalue weighted by Crippen LogP contribution is -2.24. The maximum absolute atomic E-state index is 12.4. The molecule has 0 bridgehead atoms. The zero-order valence-electron chi connectivity index (χ0n) is 13.4. The molecular weight excluding hydrogens is 330 g/mol. The van der Waals surface area contributed by atoms with E-state index in [1.807, 2.05) is 33.8 Å². The zero-order valence-corrected chi connectivity index (χ0v) is 15.0. The van der Waals surface area contributed by atoms with Gasteiger partial charge in [-0.3, -0.25) is 10.1 Å². The second-order valence-electron chi connectivity index (χ2n) is 5.00. The molecule has 2 heterocycles. The number of hydrogen-bond donors (Lipinski definition) is 1. The minimum absolute atomic E-state index is 0.154. The minimum atomic E-state index is -0.347. The highest BCUT2D eigenvalue weighted by molar-refractivity contribution is 8.00. The van der Waals surface area contributed by atoms with E-state index < -0.39 is 0 Å². The number of thioether (sulfide) groups is 1. The molecule has 0 aliphatic rings. The van der Waals surface area contributed by atoms with Crippen LogP contribution in [-0.4, -0.2) is 26.3 Å². The monoisotopic (exact) mass is 347 g/mol. The van der Waals surface area contributed by atoms with Gasteiger partial charge >= 0.3 is 0 Å². The van der Waals surface area contributed by atoms with E-state index in [-0.39, 0.29) is 11.2 Å². The fourth-order valence-corrected chi connectivity index (χ4v) is 3.73. The number of carbonyl (C=O) groups is 1. The summed E-state index contributed by atoms with van der Waals surface area (Å²) in [5.74, 6) is -0.154. The molecule has 0 aromatic carbocycles. The molecule has 0 aliphatic heterocycles. The van der Waals surface area contributed by atoms with Crippen molar-refractivity contribution in [2.24, 2.45) is 0 Å². The van der Waals surface area contributed by atoms with Gasteiger partial charge in [0, 0.05) is 5.69 Å². The van der Waals surface area contributed by atoms with Gasteiger partial charge in [-0.15, -0.1) is 10.2 Å². The number of rotatable bonds is 5. The molecule has 0 aliphatic carbocycles. The summed E-state index contributed by atoms with van der Waals surface area (Å²) in [6, 6.07) is 4.05. The van der Waals surface area contributed by atoms with Crippen LogP contribution in [0.3, 0.4) is 0 Å². The number of carbonyl (C=O) groups excluding carboxylic acids is 1. The summed E-state index contributed by atoms with van der Waals surface area (Å²) in [6.45, 7) is 7.51. The number of nitrogens with one attached hydrogen (secondary N) is 1. The molecule has 2 aromatic rings. The van der Waals surface area contributed by atoms with E-state index >= 15 is 0 Å². The minimum Gasteiger partial charge on any atom is -0.300 e. The molecule has 0 radical (unpaired) electrons. The summed E-state index contributed by atoms with van der Waals surface area (Å²) < 4.78 is 0. The van der Waals surface area contributed by atoms with Gasteiger partial charge in [0.1, 0.15) is 16.1 Å². The van der Waals surface area contributed by atoms with E-state index in [0.717, 1.165) is 16.3 Å². The zero-order chi connectivity index (χ0) is 17.0. The molecule has 2 rings (SSSR count). The van der Waals surface area contributed by atoms with Crippen molar-refractivity contribution in [1.29, 1.82) is 5.26 Å². The van der Waals surface area contributed by atoms with Gasteiger partial charge in [0.2, 0.25) is 11.0 Å². The Bertz CT molecular complexity index is 766. The molecule has 23 heavy (non-hydrogen) atoms. The highest BCUT2D eigenvalue weighted by atomic mass is 32.2. The van der Waals surface area contributed by atoms with Crippen molar-refractivity contribution in [1.82, 2.24) is 15.2 Å². The van der Waals surface area contributed by atoms with Crippen molar-refractivity contribution >= 4 is 34.1 Å². The van der Waals surface area contributed by atoms with E-state index in [1.165, 1.54) is 23.1 Å². The number of anilines is 1. The Kier molecular flexibility index (Phi) is 5.69. The van der Waals surface area contributed by atoms with Crippen LogP contribution >= 0.6 is 23.1 Å². The predicted molar refractivity (Wildman–Crippen MR) is 91.6 cm³/mol. The largest absolute Gasteiger partial charge is 0.300 e. The molecule has 0 unspecified atom stereocenters. The molecule has 0 saturated heterocycles.